The zero-order chi connectivity index (χ0) is 11.4. The first-order valence-electron chi connectivity index (χ1n) is 4.80. The number of thiophene rings is 1. The second-order valence-electron chi connectivity index (χ2n) is 3.27. The van der Waals surface area contributed by atoms with Crippen LogP contribution in [0.15, 0.2) is 38.0 Å². The van der Waals surface area contributed by atoms with Crippen molar-refractivity contribution in [1.82, 2.24) is 0 Å². The van der Waals surface area contributed by atoms with Crippen molar-refractivity contribution in [2.24, 2.45) is 0 Å². The van der Waals surface area contributed by atoms with Crippen LogP contribution in [-0.2, 0) is 11.2 Å². The highest BCUT2D eigenvalue weighted by atomic mass is 79.9. The molecule has 0 saturated heterocycles. The highest BCUT2D eigenvalue weighted by molar-refractivity contribution is 9.10. The summed E-state index contributed by atoms with van der Waals surface area (Å²) in [6, 6.07) is 5.57. The fourth-order valence-corrected chi connectivity index (χ4v) is 2.21. The lowest BCUT2D eigenvalue weighted by Gasteiger charge is -2.00. The molecule has 2 heterocycles. The molecule has 1 amide bonds. The molecule has 0 spiro atoms. The predicted molar refractivity (Wildman–Crippen MR) is 67.7 cm³/mol. The van der Waals surface area contributed by atoms with Crippen LogP contribution in [0, 0.1) is 0 Å². The van der Waals surface area contributed by atoms with Crippen LogP contribution in [0.2, 0.25) is 0 Å². The van der Waals surface area contributed by atoms with E-state index in [1.165, 1.54) is 0 Å². The summed E-state index contributed by atoms with van der Waals surface area (Å²) in [5.41, 5.74) is 0.857. The topological polar surface area (TPSA) is 42.2 Å². The number of carbonyl (C=O) groups excluding carboxylic acids is 1. The van der Waals surface area contributed by atoms with E-state index in [0.29, 0.717) is 17.5 Å². The largest absolute Gasteiger partial charge is 0.454 e. The third-order valence-corrected chi connectivity index (χ3v) is 3.14. The van der Waals surface area contributed by atoms with Gasteiger partial charge in [-0.2, -0.15) is 11.3 Å². The van der Waals surface area contributed by atoms with Crippen molar-refractivity contribution in [3.63, 3.8) is 0 Å². The minimum Gasteiger partial charge on any atom is -0.454 e. The summed E-state index contributed by atoms with van der Waals surface area (Å²) in [5, 5.41) is 6.65. The van der Waals surface area contributed by atoms with Gasteiger partial charge < -0.3 is 9.73 Å². The lowest BCUT2D eigenvalue weighted by Crippen LogP contribution is -2.11. The van der Waals surface area contributed by atoms with Gasteiger partial charge in [0.1, 0.15) is 5.76 Å². The van der Waals surface area contributed by atoms with E-state index in [1.807, 2.05) is 29.0 Å². The Morgan fingerprint density at radius 1 is 1.44 bits per heavy atom. The number of halogens is 1. The highest BCUT2D eigenvalue weighted by Crippen LogP contribution is 2.16. The summed E-state index contributed by atoms with van der Waals surface area (Å²) < 4.78 is 6.00. The molecule has 0 aliphatic heterocycles. The van der Waals surface area contributed by atoms with Crippen molar-refractivity contribution in [2.45, 2.75) is 12.8 Å². The van der Waals surface area contributed by atoms with Crippen LogP contribution in [0.5, 0.6) is 0 Å². The molecular formula is C11H10BrNO2S. The molecule has 0 fully saturated rings. The molecule has 0 unspecified atom stereocenters. The SMILES string of the molecule is O=C(CCc1ccc(Br)o1)Nc1ccsc1. The van der Waals surface area contributed by atoms with Crippen LogP contribution in [0.4, 0.5) is 5.69 Å². The van der Waals surface area contributed by atoms with Gasteiger partial charge in [-0.1, -0.05) is 0 Å². The molecule has 1 N–H and O–H groups in total. The molecule has 0 saturated carbocycles. The summed E-state index contributed by atoms with van der Waals surface area (Å²) in [7, 11) is 0. The second-order valence-corrected chi connectivity index (χ2v) is 4.83. The van der Waals surface area contributed by atoms with Gasteiger partial charge in [-0.05, 0) is 39.5 Å². The highest BCUT2D eigenvalue weighted by Gasteiger charge is 2.05. The molecule has 0 aliphatic carbocycles. The van der Waals surface area contributed by atoms with Crippen molar-refractivity contribution in [1.29, 1.82) is 0 Å². The Morgan fingerprint density at radius 3 is 2.94 bits per heavy atom. The average molecular weight is 300 g/mol. The summed E-state index contributed by atoms with van der Waals surface area (Å²) >= 11 is 4.78. The van der Waals surface area contributed by atoms with Crippen LogP contribution in [0.25, 0.3) is 0 Å². The molecule has 0 aromatic carbocycles. The van der Waals surface area contributed by atoms with E-state index in [0.717, 1.165) is 11.4 Å². The second kappa shape index (κ2) is 5.32. The van der Waals surface area contributed by atoms with E-state index in [4.69, 9.17) is 4.42 Å². The predicted octanol–water partition coefficient (Wildman–Crippen LogP) is 3.67. The number of hydrogen-bond donors (Lipinski definition) is 1. The number of hydrogen-bond acceptors (Lipinski definition) is 3. The zero-order valence-electron chi connectivity index (χ0n) is 8.40. The number of nitrogens with one attached hydrogen (secondary N) is 1. The zero-order valence-corrected chi connectivity index (χ0v) is 10.8. The normalized spacial score (nSPS) is 10.3. The van der Waals surface area contributed by atoms with Gasteiger partial charge in [0, 0.05) is 18.2 Å². The number of furan rings is 1. The smallest absolute Gasteiger partial charge is 0.224 e. The number of anilines is 1. The fourth-order valence-electron chi connectivity index (χ4n) is 1.28. The first-order chi connectivity index (χ1) is 7.74. The van der Waals surface area contributed by atoms with Crippen LogP contribution in [0.3, 0.4) is 0 Å². The van der Waals surface area contributed by atoms with Crippen LogP contribution in [0.1, 0.15) is 12.2 Å². The Kier molecular flexibility index (Phi) is 3.79. The quantitative estimate of drug-likeness (QED) is 0.936. The Labute approximate surface area is 106 Å². The molecule has 0 bridgehead atoms. The lowest BCUT2D eigenvalue weighted by atomic mass is 10.2. The van der Waals surface area contributed by atoms with E-state index in [1.54, 1.807) is 11.3 Å². The van der Waals surface area contributed by atoms with E-state index >= 15 is 0 Å². The maximum absolute atomic E-state index is 11.5. The van der Waals surface area contributed by atoms with Crippen LogP contribution >= 0.6 is 27.3 Å². The number of aryl methyl sites for hydroxylation is 1. The van der Waals surface area contributed by atoms with Gasteiger partial charge in [0.25, 0.3) is 0 Å². The average Bonchev–Trinajstić information content (AvgIpc) is 2.87. The van der Waals surface area contributed by atoms with Gasteiger partial charge in [-0.3, -0.25) is 4.79 Å². The summed E-state index contributed by atoms with van der Waals surface area (Å²) in [5.74, 6) is 0.818. The molecule has 0 radical (unpaired) electrons. The maximum Gasteiger partial charge on any atom is 0.224 e. The van der Waals surface area contributed by atoms with Gasteiger partial charge in [-0.25, -0.2) is 0 Å². The molecule has 2 aromatic heterocycles. The first-order valence-corrected chi connectivity index (χ1v) is 6.54. The first kappa shape index (κ1) is 11.4. The summed E-state index contributed by atoms with van der Waals surface area (Å²) in [6.45, 7) is 0. The van der Waals surface area contributed by atoms with Gasteiger partial charge in [-0.15, -0.1) is 0 Å². The fraction of sp³-hybridized carbons (Fsp3) is 0.182. The molecule has 2 aromatic rings. The standard InChI is InChI=1S/C11H10BrNO2S/c12-10-3-1-9(15-10)2-4-11(14)13-8-5-6-16-7-8/h1,3,5-7H,2,4H2,(H,13,14). The Balaban J connectivity index is 1.80. The van der Waals surface area contributed by atoms with E-state index in [9.17, 15) is 4.79 Å². The van der Waals surface area contributed by atoms with Crippen LogP contribution in [-0.4, -0.2) is 5.91 Å². The summed E-state index contributed by atoms with van der Waals surface area (Å²) in [6.07, 6.45) is 1.04. The summed E-state index contributed by atoms with van der Waals surface area (Å²) in [4.78, 5) is 11.5. The molecule has 84 valence electrons. The molecule has 5 heteroatoms. The molecule has 3 nitrogen and oxygen atoms in total. The van der Waals surface area contributed by atoms with Gasteiger partial charge in [0.05, 0.1) is 5.69 Å². The number of carbonyl (C=O) groups is 1. The van der Waals surface area contributed by atoms with Crippen molar-refractivity contribution in [3.05, 3.63) is 39.4 Å². The van der Waals surface area contributed by atoms with Crippen molar-refractivity contribution in [2.75, 3.05) is 5.32 Å². The van der Waals surface area contributed by atoms with E-state index in [2.05, 4.69) is 21.2 Å². The van der Waals surface area contributed by atoms with Gasteiger partial charge >= 0.3 is 0 Å². The molecule has 16 heavy (non-hydrogen) atoms. The minimum absolute atomic E-state index is 0.00548. The van der Waals surface area contributed by atoms with Gasteiger partial charge in [0.15, 0.2) is 4.67 Å². The molecule has 0 aliphatic rings. The van der Waals surface area contributed by atoms with E-state index < -0.39 is 0 Å². The third-order valence-electron chi connectivity index (χ3n) is 2.03. The molecular weight excluding hydrogens is 290 g/mol. The number of rotatable bonds is 4. The third kappa shape index (κ3) is 3.21. The molecule has 0 atom stereocenters. The van der Waals surface area contributed by atoms with Crippen molar-refractivity contribution < 1.29 is 9.21 Å². The molecule has 2 rings (SSSR count). The monoisotopic (exact) mass is 299 g/mol. The van der Waals surface area contributed by atoms with Gasteiger partial charge in [0.2, 0.25) is 5.91 Å². The van der Waals surface area contributed by atoms with Crippen molar-refractivity contribution >= 4 is 38.9 Å². The van der Waals surface area contributed by atoms with Crippen LogP contribution < -0.4 is 5.32 Å². The number of amides is 1. The minimum atomic E-state index is 0.00548. The lowest BCUT2D eigenvalue weighted by molar-refractivity contribution is -0.116. The Hall–Kier alpha value is -1.07. The Morgan fingerprint density at radius 2 is 2.31 bits per heavy atom. The maximum atomic E-state index is 11.5. The Bertz CT molecular complexity index is 464. The van der Waals surface area contributed by atoms with E-state index in [-0.39, 0.29) is 5.91 Å². The van der Waals surface area contributed by atoms with Crippen molar-refractivity contribution in [3.8, 4) is 0 Å².